The van der Waals surface area contributed by atoms with Gasteiger partial charge in [-0.1, -0.05) is 6.92 Å². The number of aliphatic hydroxyl groups is 1. The Kier molecular flexibility index (Phi) is 4.82. The van der Waals surface area contributed by atoms with Gasteiger partial charge in [-0.2, -0.15) is 0 Å². The first-order valence-corrected chi connectivity index (χ1v) is 7.05. The molecule has 7 heteroatoms. The van der Waals surface area contributed by atoms with Crippen LogP contribution in [0.2, 0.25) is 0 Å². The molecule has 0 aromatic heterocycles. The largest absolute Gasteiger partial charge is 0.533 e. The minimum Gasteiger partial charge on any atom is -0.493 e. The predicted octanol–water partition coefficient (Wildman–Crippen LogP) is 4.00. The van der Waals surface area contributed by atoms with Crippen molar-refractivity contribution < 1.29 is 27.2 Å². The Morgan fingerprint density at radius 3 is 2.80 bits per heavy atom. The van der Waals surface area contributed by atoms with Gasteiger partial charge in [0.1, 0.15) is 5.75 Å². The standard InChI is InChI=1S/C13H15F3O3S/c1-2-7-18-10-5-6-11(20-19-13(14,15)16)12-8(10)3-4-9(12)17/h5-6,9,17H,2-4,7H2,1H3. The molecule has 2 rings (SSSR count). The van der Waals surface area contributed by atoms with Gasteiger partial charge in [0.15, 0.2) is 0 Å². The van der Waals surface area contributed by atoms with Gasteiger partial charge >= 0.3 is 6.36 Å². The second-order valence-corrected chi connectivity index (χ2v) is 5.24. The smallest absolute Gasteiger partial charge is 0.493 e. The number of halogens is 3. The molecular formula is C13H15F3O3S. The van der Waals surface area contributed by atoms with E-state index in [9.17, 15) is 18.3 Å². The van der Waals surface area contributed by atoms with Crippen LogP contribution in [0.4, 0.5) is 13.2 Å². The van der Waals surface area contributed by atoms with Gasteiger partial charge in [0, 0.05) is 28.1 Å². The van der Waals surface area contributed by atoms with E-state index >= 15 is 0 Å². The Morgan fingerprint density at radius 2 is 2.15 bits per heavy atom. The maximum atomic E-state index is 12.1. The SMILES string of the molecule is CCCOc1ccc(SOC(F)(F)F)c2c1CCC2O. The molecule has 1 atom stereocenters. The summed E-state index contributed by atoms with van der Waals surface area (Å²) in [4.78, 5) is 0.283. The quantitative estimate of drug-likeness (QED) is 0.835. The van der Waals surface area contributed by atoms with Gasteiger partial charge < -0.3 is 9.84 Å². The fourth-order valence-corrected chi connectivity index (χ4v) is 2.84. The van der Waals surface area contributed by atoms with E-state index in [1.54, 1.807) is 6.07 Å². The minimum absolute atomic E-state index is 0.228. The summed E-state index contributed by atoms with van der Waals surface area (Å²) in [6.45, 7) is 2.50. The molecule has 0 saturated carbocycles. The minimum atomic E-state index is -4.71. The second-order valence-electron chi connectivity index (χ2n) is 4.47. The zero-order chi connectivity index (χ0) is 14.8. The van der Waals surface area contributed by atoms with Crippen LogP contribution in [0.3, 0.4) is 0 Å². The van der Waals surface area contributed by atoms with Crippen LogP contribution in [0.25, 0.3) is 0 Å². The van der Waals surface area contributed by atoms with Crippen molar-refractivity contribution in [2.24, 2.45) is 0 Å². The highest BCUT2D eigenvalue weighted by molar-refractivity contribution is 7.94. The Balaban J connectivity index is 2.24. The average Bonchev–Trinajstić information content (AvgIpc) is 2.76. The fraction of sp³-hybridized carbons (Fsp3) is 0.538. The molecule has 0 amide bonds. The molecule has 0 radical (unpaired) electrons. The highest BCUT2D eigenvalue weighted by Gasteiger charge is 2.33. The first-order valence-electron chi connectivity index (χ1n) is 6.31. The lowest BCUT2D eigenvalue weighted by atomic mass is 10.1. The molecule has 20 heavy (non-hydrogen) atoms. The number of rotatable bonds is 5. The summed E-state index contributed by atoms with van der Waals surface area (Å²) in [5, 5.41) is 9.94. The fourth-order valence-electron chi connectivity index (χ4n) is 2.18. The number of benzene rings is 1. The van der Waals surface area contributed by atoms with E-state index in [-0.39, 0.29) is 16.9 Å². The summed E-state index contributed by atoms with van der Waals surface area (Å²) in [7, 11) is 0. The van der Waals surface area contributed by atoms with Gasteiger partial charge in [-0.3, -0.25) is 0 Å². The van der Waals surface area contributed by atoms with E-state index in [1.165, 1.54) is 6.07 Å². The Hall–Kier alpha value is -0.920. The highest BCUT2D eigenvalue weighted by Crippen LogP contribution is 2.44. The Labute approximate surface area is 119 Å². The van der Waals surface area contributed by atoms with Crippen LogP contribution < -0.4 is 4.74 Å². The van der Waals surface area contributed by atoms with E-state index in [0.29, 0.717) is 30.8 Å². The molecule has 0 bridgehead atoms. The topological polar surface area (TPSA) is 38.7 Å². The van der Waals surface area contributed by atoms with Crippen LogP contribution in [-0.2, 0) is 10.6 Å². The monoisotopic (exact) mass is 308 g/mol. The third-order valence-corrected chi connectivity index (χ3v) is 3.77. The van der Waals surface area contributed by atoms with Crippen molar-refractivity contribution in [1.29, 1.82) is 0 Å². The maximum absolute atomic E-state index is 12.1. The molecule has 0 fully saturated rings. The second kappa shape index (κ2) is 6.24. The van der Waals surface area contributed by atoms with Crippen LogP contribution in [-0.4, -0.2) is 18.1 Å². The lowest BCUT2D eigenvalue weighted by Crippen LogP contribution is -2.08. The zero-order valence-corrected chi connectivity index (χ0v) is 11.7. The molecule has 112 valence electrons. The van der Waals surface area contributed by atoms with Crippen LogP contribution >= 0.6 is 12.0 Å². The Morgan fingerprint density at radius 1 is 1.40 bits per heavy atom. The number of hydrogen-bond donors (Lipinski definition) is 1. The molecular weight excluding hydrogens is 293 g/mol. The first kappa shape index (κ1) is 15.5. The predicted molar refractivity (Wildman–Crippen MR) is 68.5 cm³/mol. The third-order valence-electron chi connectivity index (χ3n) is 2.96. The van der Waals surface area contributed by atoms with E-state index < -0.39 is 12.5 Å². The van der Waals surface area contributed by atoms with E-state index in [1.807, 2.05) is 6.92 Å². The summed E-state index contributed by atoms with van der Waals surface area (Å²) in [5.41, 5.74) is 1.27. The molecule has 1 aromatic rings. The highest BCUT2D eigenvalue weighted by atomic mass is 32.2. The van der Waals surface area contributed by atoms with E-state index in [4.69, 9.17) is 4.74 Å². The molecule has 0 saturated heterocycles. The van der Waals surface area contributed by atoms with Gasteiger partial charge in [0.2, 0.25) is 0 Å². The van der Waals surface area contributed by atoms with Crippen LogP contribution in [0.1, 0.15) is 37.0 Å². The maximum Gasteiger partial charge on any atom is 0.533 e. The van der Waals surface area contributed by atoms with Crippen molar-refractivity contribution in [2.45, 2.75) is 43.5 Å². The molecule has 1 aromatic carbocycles. The summed E-state index contributed by atoms with van der Waals surface area (Å²) < 4.78 is 45.7. The molecule has 1 unspecified atom stereocenters. The lowest BCUT2D eigenvalue weighted by Gasteiger charge is -2.15. The normalized spacial score (nSPS) is 18.1. The zero-order valence-electron chi connectivity index (χ0n) is 10.9. The van der Waals surface area contributed by atoms with Gasteiger partial charge in [0.25, 0.3) is 0 Å². The summed E-state index contributed by atoms with van der Waals surface area (Å²) in [6, 6.07) is 3.13. The summed E-state index contributed by atoms with van der Waals surface area (Å²) in [6.07, 6.45) is -3.56. The number of hydrogen-bond acceptors (Lipinski definition) is 4. The number of ether oxygens (including phenoxy) is 1. The summed E-state index contributed by atoms with van der Waals surface area (Å²) >= 11 is 0.228. The van der Waals surface area contributed by atoms with Crippen LogP contribution in [0, 0.1) is 0 Å². The van der Waals surface area contributed by atoms with Gasteiger partial charge in [-0.15, -0.1) is 13.2 Å². The number of alkyl halides is 3. The van der Waals surface area contributed by atoms with Crippen molar-refractivity contribution in [2.75, 3.05) is 6.61 Å². The van der Waals surface area contributed by atoms with Crippen molar-refractivity contribution >= 4 is 12.0 Å². The van der Waals surface area contributed by atoms with Gasteiger partial charge in [-0.05, 0) is 31.4 Å². The van der Waals surface area contributed by atoms with Crippen LogP contribution in [0.15, 0.2) is 17.0 Å². The molecule has 0 spiro atoms. The Bertz CT molecular complexity index is 477. The molecule has 3 nitrogen and oxygen atoms in total. The van der Waals surface area contributed by atoms with Gasteiger partial charge in [0.05, 0.1) is 12.7 Å². The average molecular weight is 308 g/mol. The van der Waals surface area contributed by atoms with Crippen molar-refractivity contribution in [1.82, 2.24) is 0 Å². The number of fused-ring (bicyclic) bond motifs is 1. The van der Waals surface area contributed by atoms with E-state index in [2.05, 4.69) is 4.18 Å². The molecule has 1 aliphatic rings. The van der Waals surface area contributed by atoms with E-state index in [0.717, 1.165) is 12.0 Å². The first-order chi connectivity index (χ1) is 9.42. The molecule has 0 aliphatic heterocycles. The number of aliphatic hydroxyl groups excluding tert-OH is 1. The molecule has 1 aliphatic carbocycles. The van der Waals surface area contributed by atoms with Crippen molar-refractivity contribution in [3.63, 3.8) is 0 Å². The van der Waals surface area contributed by atoms with Crippen molar-refractivity contribution in [3.05, 3.63) is 23.3 Å². The molecule has 1 N–H and O–H groups in total. The summed E-state index contributed by atoms with van der Waals surface area (Å²) in [5.74, 6) is 0.634. The van der Waals surface area contributed by atoms with Crippen molar-refractivity contribution in [3.8, 4) is 5.75 Å². The van der Waals surface area contributed by atoms with Crippen LogP contribution in [0.5, 0.6) is 5.75 Å². The lowest BCUT2D eigenvalue weighted by molar-refractivity contribution is -0.266. The third kappa shape index (κ3) is 3.59. The molecule has 0 heterocycles. The van der Waals surface area contributed by atoms with Gasteiger partial charge in [-0.25, -0.2) is 4.18 Å².